The zero-order valence-electron chi connectivity index (χ0n) is 13.2. The zero-order valence-corrected chi connectivity index (χ0v) is 13.2. The molecule has 1 atom stereocenters. The molecule has 2 aromatic carbocycles. The minimum Gasteiger partial charge on any atom is -0.352 e. The summed E-state index contributed by atoms with van der Waals surface area (Å²) in [7, 11) is 2.18. The van der Waals surface area contributed by atoms with Crippen molar-refractivity contribution in [2.24, 2.45) is 0 Å². The predicted molar refractivity (Wildman–Crippen MR) is 89.0 cm³/mol. The van der Waals surface area contributed by atoms with E-state index < -0.39 is 0 Å². The van der Waals surface area contributed by atoms with Gasteiger partial charge in [-0.2, -0.15) is 0 Å². The van der Waals surface area contributed by atoms with Crippen molar-refractivity contribution < 1.29 is 0 Å². The summed E-state index contributed by atoms with van der Waals surface area (Å²) in [6.07, 6.45) is 0.229. The summed E-state index contributed by atoms with van der Waals surface area (Å²) in [4.78, 5) is 4.80. The third-order valence-electron chi connectivity index (χ3n) is 4.50. The van der Waals surface area contributed by atoms with E-state index in [2.05, 4.69) is 92.2 Å². The molecule has 1 heterocycles. The zero-order chi connectivity index (χ0) is 15.0. The molecule has 1 aliphatic rings. The molecular weight excluding hydrogens is 256 g/mol. The quantitative estimate of drug-likeness (QED) is 0.786. The Hall–Kier alpha value is -2.22. The molecule has 0 saturated heterocycles. The van der Waals surface area contributed by atoms with Crippen LogP contribution in [0.25, 0.3) is 0 Å². The van der Waals surface area contributed by atoms with Crippen LogP contribution in [-0.4, -0.2) is 11.9 Å². The molecule has 2 heteroatoms. The van der Waals surface area contributed by atoms with Crippen LogP contribution in [-0.2, 0) is 0 Å². The van der Waals surface area contributed by atoms with E-state index in [1.807, 2.05) is 0 Å². The molecule has 0 N–H and O–H groups in total. The summed E-state index contributed by atoms with van der Waals surface area (Å²) < 4.78 is 0. The smallest absolute Gasteiger partial charge is 0.132 e. The highest BCUT2D eigenvalue weighted by molar-refractivity contribution is 5.61. The Balaban J connectivity index is 2.13. The lowest BCUT2D eigenvalue weighted by Gasteiger charge is -2.33. The molecule has 0 spiro atoms. The Morgan fingerprint density at radius 3 is 2.05 bits per heavy atom. The van der Waals surface area contributed by atoms with Gasteiger partial charge in [0.15, 0.2) is 0 Å². The monoisotopic (exact) mass is 278 g/mol. The number of nitrogens with zero attached hydrogens (tertiary/aromatic N) is 2. The molecule has 0 saturated carbocycles. The van der Waals surface area contributed by atoms with Gasteiger partial charge in [-0.05, 0) is 38.0 Å². The molecule has 0 aromatic heterocycles. The highest BCUT2D eigenvalue weighted by Crippen LogP contribution is 2.42. The average Bonchev–Trinajstić information content (AvgIpc) is 2.73. The van der Waals surface area contributed by atoms with Crippen LogP contribution in [0, 0.1) is 6.92 Å². The highest BCUT2D eigenvalue weighted by Gasteiger charge is 2.34. The molecule has 2 nitrogen and oxygen atoms in total. The van der Waals surface area contributed by atoms with Gasteiger partial charge in [0.25, 0.3) is 0 Å². The summed E-state index contributed by atoms with van der Waals surface area (Å²) in [6.45, 7) is 6.59. The first kappa shape index (κ1) is 13.7. The van der Waals surface area contributed by atoms with Crippen LogP contribution in [0.15, 0.2) is 66.0 Å². The van der Waals surface area contributed by atoms with Crippen LogP contribution in [0.5, 0.6) is 0 Å². The molecule has 0 fully saturated rings. The summed E-state index contributed by atoms with van der Waals surface area (Å²) >= 11 is 0. The first-order valence-corrected chi connectivity index (χ1v) is 7.41. The molecule has 0 amide bonds. The lowest BCUT2D eigenvalue weighted by molar-refractivity contribution is 0.343. The fourth-order valence-corrected chi connectivity index (χ4v) is 3.11. The Morgan fingerprint density at radius 1 is 0.762 bits per heavy atom. The Bertz CT molecular complexity index is 673. The van der Waals surface area contributed by atoms with E-state index >= 15 is 0 Å². The van der Waals surface area contributed by atoms with E-state index in [1.165, 1.54) is 28.2 Å². The van der Waals surface area contributed by atoms with Gasteiger partial charge >= 0.3 is 0 Å². The van der Waals surface area contributed by atoms with Crippen LogP contribution in [0.1, 0.15) is 31.1 Å². The Kier molecular flexibility index (Phi) is 3.46. The maximum absolute atomic E-state index is 2.44. The first-order valence-electron chi connectivity index (χ1n) is 7.41. The SMILES string of the molecule is CC1=C(C)N(c2ccccc2C)C(c2ccccc2)N1C. The Morgan fingerprint density at radius 2 is 1.38 bits per heavy atom. The molecule has 108 valence electrons. The molecule has 3 rings (SSSR count). The normalized spacial score (nSPS) is 18.6. The van der Waals surface area contributed by atoms with Gasteiger partial charge in [0.2, 0.25) is 0 Å². The topological polar surface area (TPSA) is 6.48 Å². The average molecular weight is 278 g/mol. The summed E-state index contributed by atoms with van der Waals surface area (Å²) in [6, 6.07) is 19.3. The maximum Gasteiger partial charge on any atom is 0.132 e. The van der Waals surface area contributed by atoms with E-state index in [-0.39, 0.29) is 6.17 Å². The maximum atomic E-state index is 2.44. The number of allylic oxidation sites excluding steroid dienone is 2. The van der Waals surface area contributed by atoms with Crippen molar-refractivity contribution in [2.45, 2.75) is 26.9 Å². The van der Waals surface area contributed by atoms with Crippen molar-refractivity contribution in [3.05, 3.63) is 77.1 Å². The number of hydrogen-bond acceptors (Lipinski definition) is 2. The van der Waals surface area contributed by atoms with E-state index in [1.54, 1.807) is 0 Å². The molecule has 0 bridgehead atoms. The number of anilines is 1. The second-order valence-electron chi connectivity index (χ2n) is 5.72. The molecule has 0 radical (unpaired) electrons. The second-order valence-corrected chi connectivity index (χ2v) is 5.72. The van der Waals surface area contributed by atoms with Crippen molar-refractivity contribution in [3.8, 4) is 0 Å². The van der Waals surface area contributed by atoms with E-state index in [9.17, 15) is 0 Å². The van der Waals surface area contributed by atoms with Crippen LogP contribution >= 0.6 is 0 Å². The van der Waals surface area contributed by atoms with Crippen LogP contribution < -0.4 is 4.90 Å². The number of hydrogen-bond donors (Lipinski definition) is 0. The largest absolute Gasteiger partial charge is 0.352 e. The van der Waals surface area contributed by atoms with Gasteiger partial charge in [-0.3, -0.25) is 0 Å². The van der Waals surface area contributed by atoms with Crippen LogP contribution in [0.3, 0.4) is 0 Å². The summed E-state index contributed by atoms with van der Waals surface area (Å²) in [5.74, 6) is 0. The third kappa shape index (κ3) is 2.21. The summed E-state index contributed by atoms with van der Waals surface area (Å²) in [5.41, 5.74) is 6.56. The number of aryl methyl sites for hydroxylation is 1. The number of para-hydroxylation sites is 1. The third-order valence-corrected chi connectivity index (χ3v) is 4.50. The first-order chi connectivity index (χ1) is 10.1. The molecule has 21 heavy (non-hydrogen) atoms. The molecular formula is C19H22N2. The molecule has 1 unspecified atom stereocenters. The standard InChI is InChI=1S/C19H22N2/c1-14-10-8-9-13-18(14)21-16(3)15(2)20(4)19(21)17-11-6-5-7-12-17/h5-13,19H,1-4H3. The van der Waals surface area contributed by atoms with Crippen LogP contribution in [0.4, 0.5) is 5.69 Å². The minimum atomic E-state index is 0.229. The van der Waals surface area contributed by atoms with Gasteiger partial charge in [0.1, 0.15) is 6.17 Å². The highest BCUT2D eigenvalue weighted by atomic mass is 15.4. The lowest BCUT2D eigenvalue weighted by Crippen LogP contribution is -2.30. The number of rotatable bonds is 2. The molecule has 2 aromatic rings. The van der Waals surface area contributed by atoms with Crippen molar-refractivity contribution in [3.63, 3.8) is 0 Å². The molecule has 1 aliphatic heterocycles. The van der Waals surface area contributed by atoms with Gasteiger partial charge in [-0.1, -0.05) is 48.5 Å². The van der Waals surface area contributed by atoms with Gasteiger partial charge in [-0.15, -0.1) is 0 Å². The van der Waals surface area contributed by atoms with E-state index in [0.717, 1.165) is 0 Å². The van der Waals surface area contributed by atoms with Gasteiger partial charge in [0, 0.05) is 24.1 Å². The van der Waals surface area contributed by atoms with Gasteiger partial charge < -0.3 is 9.80 Å². The fraction of sp³-hybridized carbons (Fsp3) is 0.263. The van der Waals surface area contributed by atoms with E-state index in [4.69, 9.17) is 0 Å². The van der Waals surface area contributed by atoms with Crippen molar-refractivity contribution in [2.75, 3.05) is 11.9 Å². The van der Waals surface area contributed by atoms with Gasteiger partial charge in [-0.25, -0.2) is 0 Å². The van der Waals surface area contributed by atoms with Crippen molar-refractivity contribution in [1.82, 2.24) is 4.90 Å². The van der Waals surface area contributed by atoms with Crippen molar-refractivity contribution in [1.29, 1.82) is 0 Å². The van der Waals surface area contributed by atoms with Crippen molar-refractivity contribution >= 4 is 5.69 Å². The number of benzene rings is 2. The van der Waals surface area contributed by atoms with Gasteiger partial charge in [0.05, 0.1) is 0 Å². The second kappa shape index (κ2) is 5.28. The lowest BCUT2D eigenvalue weighted by atomic mass is 10.1. The fourth-order valence-electron chi connectivity index (χ4n) is 3.11. The minimum absolute atomic E-state index is 0.229. The molecule has 0 aliphatic carbocycles. The summed E-state index contributed by atoms with van der Waals surface area (Å²) in [5, 5.41) is 0. The van der Waals surface area contributed by atoms with E-state index in [0.29, 0.717) is 0 Å². The van der Waals surface area contributed by atoms with Crippen LogP contribution in [0.2, 0.25) is 0 Å². The Labute approximate surface area is 127 Å². The predicted octanol–water partition coefficient (Wildman–Crippen LogP) is 4.70.